The lowest BCUT2D eigenvalue weighted by Crippen LogP contribution is -2.40. The van der Waals surface area contributed by atoms with Crippen molar-refractivity contribution in [2.45, 2.75) is 32.2 Å². The number of carbonyl (C=O) groups excluding carboxylic acids is 2. The first-order valence-electron chi connectivity index (χ1n) is 7.22. The van der Waals surface area contributed by atoms with E-state index in [1.165, 1.54) is 20.9 Å². The Morgan fingerprint density at radius 3 is 2.87 bits per heavy atom. The van der Waals surface area contributed by atoms with Gasteiger partial charge >= 0.3 is 12.1 Å². The molecule has 11 heteroatoms. The average Bonchev–Trinajstić information content (AvgIpc) is 3.15. The van der Waals surface area contributed by atoms with Crippen molar-refractivity contribution in [2.24, 2.45) is 7.05 Å². The predicted octanol–water partition coefficient (Wildman–Crippen LogP) is 0.812. The Bertz CT molecular complexity index is 523. The van der Waals surface area contributed by atoms with Gasteiger partial charge in [-0.3, -0.25) is 4.79 Å². The zero-order valence-electron chi connectivity index (χ0n) is 13.1. The number of carbonyl (C=O) groups is 2. The maximum Gasteiger partial charge on any atom is 0.428 e. The molecular formula is C12H21ClN6O3S. The van der Waals surface area contributed by atoms with E-state index in [9.17, 15) is 9.59 Å². The van der Waals surface area contributed by atoms with Crippen molar-refractivity contribution in [1.29, 1.82) is 0 Å². The molecule has 0 unspecified atom stereocenters. The second kappa shape index (κ2) is 9.68. The van der Waals surface area contributed by atoms with Crippen LogP contribution in [0.5, 0.6) is 6.01 Å². The van der Waals surface area contributed by atoms with Crippen LogP contribution in [0.2, 0.25) is 0 Å². The summed E-state index contributed by atoms with van der Waals surface area (Å²) in [6.07, 6.45) is 2.04. The van der Waals surface area contributed by atoms with Gasteiger partial charge in [0.1, 0.15) is 0 Å². The van der Waals surface area contributed by atoms with E-state index in [0.29, 0.717) is 0 Å². The largest absolute Gasteiger partial charge is 0.428 e. The van der Waals surface area contributed by atoms with Crippen molar-refractivity contribution >= 4 is 36.2 Å². The Morgan fingerprint density at radius 1 is 1.52 bits per heavy atom. The zero-order chi connectivity index (χ0) is 15.9. The fourth-order valence-electron chi connectivity index (χ4n) is 2.01. The Kier molecular flexibility index (Phi) is 8.28. The topological polar surface area (TPSA) is 102 Å². The number of aromatic nitrogens is 4. The van der Waals surface area contributed by atoms with Gasteiger partial charge in [-0.1, -0.05) is 12.0 Å². The summed E-state index contributed by atoms with van der Waals surface area (Å²) in [5.41, 5.74) is 0. The first-order valence-corrected chi connectivity index (χ1v) is 8.16. The third-order valence-electron chi connectivity index (χ3n) is 3.16. The number of Topliss-reactive ketones (excluding diaryl/α,β-unsaturated/α-hetero) is 1. The number of ether oxygens (including phenoxy) is 1. The van der Waals surface area contributed by atoms with E-state index in [0.717, 1.165) is 31.6 Å². The first kappa shape index (κ1) is 19.7. The molecule has 0 saturated carbocycles. The van der Waals surface area contributed by atoms with Gasteiger partial charge in [0, 0.05) is 12.8 Å². The van der Waals surface area contributed by atoms with Gasteiger partial charge in [0.15, 0.2) is 5.78 Å². The van der Waals surface area contributed by atoms with Gasteiger partial charge in [0.25, 0.3) is 0 Å². The van der Waals surface area contributed by atoms with Gasteiger partial charge in [-0.2, -0.15) is 4.68 Å². The van der Waals surface area contributed by atoms with Gasteiger partial charge in [0.05, 0.1) is 12.6 Å². The predicted molar refractivity (Wildman–Crippen MR) is 87.6 cm³/mol. The Labute approximate surface area is 145 Å². The molecule has 1 atom stereocenters. The molecule has 0 radical (unpaired) electrons. The maximum absolute atomic E-state index is 12.2. The van der Waals surface area contributed by atoms with Crippen LogP contribution in [-0.2, 0) is 11.8 Å². The standard InChI is InChI=1S/C12H20N6O3S.ClH/c1-3-7-22-18(8-10(19)9-5-4-6-13-9)12(20)21-11-14-15-16-17(11)2;/h9,13H,3-8H2,1-2H3;1H/t9-;/m0./s1. The minimum absolute atomic E-state index is 0. The van der Waals surface area contributed by atoms with E-state index in [4.69, 9.17) is 4.74 Å². The second-order valence-corrected chi connectivity index (χ2v) is 6.05. The molecule has 130 valence electrons. The molecular weight excluding hydrogens is 344 g/mol. The molecule has 1 N–H and O–H groups in total. The number of tetrazole rings is 1. The molecule has 1 saturated heterocycles. The van der Waals surface area contributed by atoms with Crippen LogP contribution < -0.4 is 10.1 Å². The van der Waals surface area contributed by atoms with Gasteiger partial charge in [-0.25, -0.2) is 9.10 Å². The number of halogens is 1. The fourth-order valence-corrected chi connectivity index (χ4v) is 2.78. The van der Waals surface area contributed by atoms with E-state index < -0.39 is 6.09 Å². The summed E-state index contributed by atoms with van der Waals surface area (Å²) in [6.45, 7) is 2.85. The third kappa shape index (κ3) is 5.63. The van der Waals surface area contributed by atoms with Crippen molar-refractivity contribution in [3.8, 4) is 6.01 Å². The van der Waals surface area contributed by atoms with Crippen molar-refractivity contribution in [3.05, 3.63) is 0 Å². The SMILES string of the molecule is CCCSN(CC(=O)[C@@H]1CCCN1)C(=O)Oc1nnnn1C.Cl. The highest BCUT2D eigenvalue weighted by Gasteiger charge is 2.27. The van der Waals surface area contributed by atoms with Crippen LogP contribution >= 0.6 is 24.4 Å². The normalized spacial score (nSPS) is 16.7. The smallest absolute Gasteiger partial charge is 0.372 e. The lowest BCUT2D eigenvalue weighted by atomic mass is 10.1. The highest BCUT2D eigenvalue weighted by Crippen LogP contribution is 2.16. The lowest BCUT2D eigenvalue weighted by molar-refractivity contribution is -0.120. The third-order valence-corrected chi connectivity index (χ3v) is 4.34. The summed E-state index contributed by atoms with van der Waals surface area (Å²) in [5, 5.41) is 13.7. The first-order chi connectivity index (χ1) is 10.6. The molecule has 1 aromatic heterocycles. The summed E-state index contributed by atoms with van der Waals surface area (Å²) in [5.74, 6) is 0.714. The van der Waals surface area contributed by atoms with Crippen molar-refractivity contribution in [1.82, 2.24) is 29.8 Å². The lowest BCUT2D eigenvalue weighted by Gasteiger charge is -2.20. The van der Waals surface area contributed by atoms with E-state index >= 15 is 0 Å². The van der Waals surface area contributed by atoms with E-state index in [1.807, 2.05) is 6.92 Å². The van der Waals surface area contributed by atoms with Crippen LogP contribution in [0.4, 0.5) is 4.79 Å². The summed E-state index contributed by atoms with van der Waals surface area (Å²) in [7, 11) is 1.57. The summed E-state index contributed by atoms with van der Waals surface area (Å²) >= 11 is 1.28. The highest BCUT2D eigenvalue weighted by atomic mass is 35.5. The summed E-state index contributed by atoms with van der Waals surface area (Å²) in [6, 6.07) is -0.174. The molecule has 0 spiro atoms. The minimum atomic E-state index is -0.636. The Hall–Kier alpha value is -1.39. The van der Waals surface area contributed by atoms with E-state index in [1.54, 1.807) is 7.05 Å². The highest BCUT2D eigenvalue weighted by molar-refractivity contribution is 7.97. The number of amides is 1. The molecule has 1 aromatic rings. The Balaban J connectivity index is 0.00000264. The molecule has 2 rings (SSSR count). The van der Waals surface area contributed by atoms with E-state index in [2.05, 4.69) is 20.8 Å². The van der Waals surface area contributed by atoms with Gasteiger partial charge in [-0.15, -0.1) is 12.4 Å². The molecule has 0 aromatic carbocycles. The number of nitrogens with one attached hydrogen (secondary N) is 1. The molecule has 23 heavy (non-hydrogen) atoms. The number of hydrogen-bond acceptors (Lipinski definition) is 8. The van der Waals surface area contributed by atoms with Crippen LogP contribution in [0.25, 0.3) is 0 Å². The molecule has 1 aliphatic rings. The van der Waals surface area contributed by atoms with Crippen molar-refractivity contribution in [3.63, 3.8) is 0 Å². The molecule has 1 aliphatic heterocycles. The molecule has 1 fully saturated rings. The number of rotatable bonds is 7. The average molecular weight is 365 g/mol. The summed E-state index contributed by atoms with van der Waals surface area (Å²) in [4.78, 5) is 24.4. The molecule has 9 nitrogen and oxygen atoms in total. The van der Waals surface area contributed by atoms with Gasteiger partial charge < -0.3 is 10.1 Å². The minimum Gasteiger partial charge on any atom is -0.372 e. The molecule has 2 heterocycles. The van der Waals surface area contributed by atoms with Gasteiger partial charge in [0.2, 0.25) is 0 Å². The number of nitrogens with zero attached hydrogens (tertiary/aromatic N) is 5. The molecule has 0 aliphatic carbocycles. The number of hydrogen-bond donors (Lipinski definition) is 1. The fraction of sp³-hybridized carbons (Fsp3) is 0.750. The van der Waals surface area contributed by atoms with Crippen LogP contribution in [-0.4, -0.2) is 61.3 Å². The van der Waals surface area contributed by atoms with E-state index in [-0.39, 0.29) is 36.8 Å². The zero-order valence-corrected chi connectivity index (χ0v) is 14.7. The number of aryl methyl sites for hydroxylation is 1. The van der Waals surface area contributed by atoms with Crippen molar-refractivity contribution < 1.29 is 14.3 Å². The van der Waals surface area contributed by atoms with Crippen LogP contribution in [0, 0.1) is 0 Å². The quantitative estimate of drug-likeness (QED) is 0.709. The number of ketones is 1. The summed E-state index contributed by atoms with van der Waals surface area (Å²) < 4.78 is 7.71. The second-order valence-electron chi connectivity index (χ2n) is 4.94. The van der Waals surface area contributed by atoms with Crippen LogP contribution in [0.1, 0.15) is 26.2 Å². The van der Waals surface area contributed by atoms with Crippen LogP contribution in [0.3, 0.4) is 0 Å². The molecule has 1 amide bonds. The van der Waals surface area contributed by atoms with Crippen LogP contribution in [0.15, 0.2) is 0 Å². The maximum atomic E-state index is 12.2. The Morgan fingerprint density at radius 2 is 2.30 bits per heavy atom. The van der Waals surface area contributed by atoms with Gasteiger partial charge in [-0.05, 0) is 48.2 Å². The monoisotopic (exact) mass is 364 g/mol. The van der Waals surface area contributed by atoms with Crippen molar-refractivity contribution in [2.75, 3.05) is 18.8 Å². The molecule has 0 bridgehead atoms.